The molecule has 0 fully saturated rings. The molecule has 1 heterocycles. The molecular weight excluding hydrogens is 360 g/mol. The number of hydrogen-bond acceptors (Lipinski definition) is 5. The van der Waals surface area contributed by atoms with E-state index < -0.39 is 10.0 Å². The van der Waals surface area contributed by atoms with Crippen molar-refractivity contribution in [1.82, 2.24) is 9.88 Å². The number of aromatic nitrogens is 1. The molecule has 0 saturated heterocycles. The van der Waals surface area contributed by atoms with Gasteiger partial charge in [0.2, 0.25) is 10.0 Å². The summed E-state index contributed by atoms with van der Waals surface area (Å²) in [6.07, 6.45) is 1.40. The first-order valence-electron chi connectivity index (χ1n) is 6.11. The minimum atomic E-state index is -3.63. The van der Waals surface area contributed by atoms with Crippen LogP contribution >= 0.6 is 15.9 Å². The maximum Gasteiger partial charge on any atom is 0.242 e. The lowest BCUT2D eigenvalue weighted by atomic mass is 10.2. The van der Waals surface area contributed by atoms with Crippen LogP contribution in [0.3, 0.4) is 0 Å². The monoisotopic (exact) mass is 374 g/mol. The van der Waals surface area contributed by atoms with Crippen molar-refractivity contribution < 1.29 is 17.7 Å². The van der Waals surface area contributed by atoms with Crippen LogP contribution in [-0.4, -0.2) is 20.7 Å². The topological polar surface area (TPSA) is 81.4 Å². The Morgan fingerprint density at radius 1 is 1.43 bits per heavy atom. The number of halogens is 1. The summed E-state index contributed by atoms with van der Waals surface area (Å²) in [5.41, 5.74) is 2.08. The van der Waals surface area contributed by atoms with E-state index in [-0.39, 0.29) is 18.0 Å². The first-order chi connectivity index (χ1) is 9.94. The average Bonchev–Trinajstić information content (AvgIpc) is 2.87. The number of methoxy groups -OCH3 is 1. The van der Waals surface area contributed by atoms with Crippen molar-refractivity contribution in [3.8, 4) is 0 Å². The highest BCUT2D eigenvalue weighted by Crippen LogP contribution is 2.23. The van der Waals surface area contributed by atoms with Gasteiger partial charge in [0.1, 0.15) is 12.0 Å². The van der Waals surface area contributed by atoms with E-state index in [4.69, 9.17) is 9.26 Å². The number of sulfonamides is 1. The summed E-state index contributed by atoms with van der Waals surface area (Å²) in [4.78, 5) is 0.201. The number of benzene rings is 1. The van der Waals surface area contributed by atoms with Gasteiger partial charge < -0.3 is 9.26 Å². The zero-order valence-electron chi connectivity index (χ0n) is 11.6. The number of aryl methyl sites for hydroxylation is 1. The molecule has 0 saturated carbocycles. The van der Waals surface area contributed by atoms with Gasteiger partial charge in [-0.05, 0) is 40.5 Å². The molecule has 2 rings (SSSR count). The second-order valence-corrected chi connectivity index (χ2v) is 7.07. The number of nitrogens with zero attached hydrogens (tertiary/aromatic N) is 1. The predicted molar refractivity (Wildman–Crippen MR) is 80.1 cm³/mol. The van der Waals surface area contributed by atoms with Crippen molar-refractivity contribution in [3.05, 3.63) is 45.8 Å². The van der Waals surface area contributed by atoms with Crippen molar-refractivity contribution in [3.63, 3.8) is 0 Å². The van der Waals surface area contributed by atoms with Crippen molar-refractivity contribution in [1.29, 1.82) is 0 Å². The van der Waals surface area contributed by atoms with Gasteiger partial charge in [-0.2, -0.15) is 0 Å². The molecule has 0 atom stereocenters. The van der Waals surface area contributed by atoms with Gasteiger partial charge in [0.05, 0.1) is 11.5 Å². The zero-order valence-corrected chi connectivity index (χ0v) is 14.0. The van der Waals surface area contributed by atoms with Gasteiger partial charge >= 0.3 is 0 Å². The van der Waals surface area contributed by atoms with E-state index >= 15 is 0 Å². The molecule has 0 bridgehead atoms. The van der Waals surface area contributed by atoms with E-state index in [1.807, 2.05) is 13.0 Å². The fourth-order valence-electron chi connectivity index (χ4n) is 1.75. The minimum absolute atomic E-state index is 0.0882. The third-order valence-electron chi connectivity index (χ3n) is 2.84. The Morgan fingerprint density at radius 2 is 2.19 bits per heavy atom. The molecule has 21 heavy (non-hydrogen) atoms. The van der Waals surface area contributed by atoms with Crippen LogP contribution in [-0.2, 0) is 27.9 Å². The van der Waals surface area contributed by atoms with Crippen molar-refractivity contribution >= 4 is 26.0 Å². The van der Waals surface area contributed by atoms with Crippen molar-refractivity contribution in [2.45, 2.75) is 25.0 Å². The summed E-state index contributed by atoms with van der Waals surface area (Å²) >= 11 is 3.25. The molecular formula is C13H15BrN2O4S. The Kier molecular flexibility index (Phi) is 5.15. The van der Waals surface area contributed by atoms with E-state index in [1.54, 1.807) is 12.1 Å². The fraction of sp³-hybridized carbons (Fsp3) is 0.308. The van der Waals surface area contributed by atoms with E-state index in [0.717, 1.165) is 5.56 Å². The summed E-state index contributed by atoms with van der Waals surface area (Å²) < 4.78 is 37.5. The third kappa shape index (κ3) is 3.91. The number of hydrogen-bond donors (Lipinski definition) is 1. The molecule has 1 aromatic carbocycles. The maximum absolute atomic E-state index is 12.3. The fourth-order valence-corrected chi connectivity index (χ4v) is 3.80. The Balaban J connectivity index is 2.18. The summed E-state index contributed by atoms with van der Waals surface area (Å²) in [6, 6.07) is 5.15. The summed E-state index contributed by atoms with van der Waals surface area (Å²) in [5.74, 6) is 0. The largest absolute Gasteiger partial charge is 0.378 e. The summed E-state index contributed by atoms with van der Waals surface area (Å²) in [5, 5.41) is 3.77. The Bertz CT molecular complexity index is 728. The lowest BCUT2D eigenvalue weighted by Crippen LogP contribution is -2.24. The van der Waals surface area contributed by atoms with Gasteiger partial charge in [-0.1, -0.05) is 11.2 Å². The van der Waals surface area contributed by atoms with Gasteiger partial charge in [0.25, 0.3) is 0 Å². The van der Waals surface area contributed by atoms with Crippen LogP contribution < -0.4 is 4.72 Å². The summed E-state index contributed by atoms with van der Waals surface area (Å²) in [6.45, 7) is 2.19. The van der Waals surface area contributed by atoms with Crippen LogP contribution in [0.2, 0.25) is 0 Å². The van der Waals surface area contributed by atoms with Gasteiger partial charge in [-0.25, -0.2) is 13.1 Å². The molecule has 1 N–H and O–H groups in total. The van der Waals surface area contributed by atoms with Crippen LogP contribution in [0.4, 0.5) is 0 Å². The van der Waals surface area contributed by atoms with Crippen LogP contribution in [0, 0.1) is 6.92 Å². The van der Waals surface area contributed by atoms with Crippen molar-refractivity contribution in [2.75, 3.05) is 7.11 Å². The van der Waals surface area contributed by atoms with E-state index in [2.05, 4.69) is 25.8 Å². The lowest BCUT2D eigenvalue weighted by molar-refractivity contribution is 0.176. The quantitative estimate of drug-likeness (QED) is 0.839. The smallest absolute Gasteiger partial charge is 0.242 e. The Labute approximate surface area is 131 Å². The molecule has 0 spiro atoms. The van der Waals surface area contributed by atoms with E-state index in [9.17, 15) is 8.42 Å². The highest BCUT2D eigenvalue weighted by molar-refractivity contribution is 9.10. The second kappa shape index (κ2) is 6.69. The molecule has 0 radical (unpaired) electrons. The number of ether oxygens (including phenoxy) is 1. The highest BCUT2D eigenvalue weighted by atomic mass is 79.9. The molecule has 114 valence electrons. The standard InChI is InChI=1S/C13H15BrN2O4S/c1-9-3-4-11(14)13(5-9)21(17,18)15-6-10-7-20-16-12(10)8-19-2/h3-5,7,15H,6,8H2,1-2H3. The molecule has 2 aromatic rings. The molecule has 0 amide bonds. The number of nitrogens with one attached hydrogen (secondary N) is 1. The van der Waals surface area contributed by atoms with E-state index in [0.29, 0.717) is 15.7 Å². The first-order valence-corrected chi connectivity index (χ1v) is 8.38. The van der Waals surface area contributed by atoms with E-state index in [1.165, 1.54) is 13.4 Å². The Morgan fingerprint density at radius 3 is 2.90 bits per heavy atom. The SMILES string of the molecule is COCc1nocc1CNS(=O)(=O)c1cc(C)ccc1Br. The number of rotatable bonds is 6. The highest BCUT2D eigenvalue weighted by Gasteiger charge is 2.19. The second-order valence-electron chi connectivity index (χ2n) is 4.48. The molecule has 8 heteroatoms. The Hall–Kier alpha value is -1.22. The van der Waals surface area contributed by atoms with Gasteiger partial charge in [-0.15, -0.1) is 0 Å². The minimum Gasteiger partial charge on any atom is -0.378 e. The zero-order chi connectivity index (χ0) is 15.5. The van der Waals surface area contributed by atoms with Gasteiger partial charge in [0, 0.05) is 23.7 Å². The van der Waals surface area contributed by atoms with Gasteiger partial charge in [-0.3, -0.25) is 0 Å². The molecule has 0 aliphatic heterocycles. The maximum atomic E-state index is 12.3. The van der Waals surface area contributed by atoms with Crippen LogP contribution in [0.15, 0.2) is 38.4 Å². The van der Waals surface area contributed by atoms with Crippen molar-refractivity contribution in [2.24, 2.45) is 0 Å². The molecule has 6 nitrogen and oxygen atoms in total. The average molecular weight is 375 g/mol. The molecule has 0 aliphatic rings. The first kappa shape index (κ1) is 16.2. The molecule has 0 aliphatic carbocycles. The lowest BCUT2D eigenvalue weighted by Gasteiger charge is -2.09. The predicted octanol–water partition coefficient (Wildman–Crippen LogP) is 2.37. The molecule has 0 unspecified atom stereocenters. The van der Waals surface area contributed by atoms with Crippen LogP contribution in [0.5, 0.6) is 0 Å². The van der Waals surface area contributed by atoms with Crippen LogP contribution in [0.1, 0.15) is 16.8 Å². The van der Waals surface area contributed by atoms with Crippen LogP contribution in [0.25, 0.3) is 0 Å². The third-order valence-corrected chi connectivity index (χ3v) is 5.23. The van der Waals surface area contributed by atoms with Gasteiger partial charge in [0.15, 0.2) is 0 Å². The summed E-state index contributed by atoms with van der Waals surface area (Å²) in [7, 11) is -2.09. The normalized spacial score (nSPS) is 11.8. The molecule has 1 aromatic heterocycles.